The van der Waals surface area contributed by atoms with Gasteiger partial charge in [-0.2, -0.15) is 0 Å². The number of nitrogens with two attached hydrogens (primary N) is 1. The van der Waals surface area contributed by atoms with E-state index in [1.54, 1.807) is 18.7 Å². The first-order valence-electron chi connectivity index (χ1n) is 5.95. The van der Waals surface area contributed by atoms with Gasteiger partial charge in [-0.3, -0.25) is 9.78 Å². The average molecular weight is 260 g/mol. The minimum atomic E-state index is -0.568. The number of aryl methyl sites for hydroxylation is 1. The lowest BCUT2D eigenvalue weighted by Crippen LogP contribution is -2.23. The van der Waals surface area contributed by atoms with Gasteiger partial charge in [0.25, 0.3) is 5.91 Å². The van der Waals surface area contributed by atoms with E-state index >= 15 is 0 Å². The van der Waals surface area contributed by atoms with Crippen LogP contribution in [-0.4, -0.2) is 39.0 Å². The van der Waals surface area contributed by atoms with Crippen LogP contribution in [0.5, 0.6) is 0 Å². The third-order valence-corrected chi connectivity index (χ3v) is 2.73. The van der Waals surface area contributed by atoms with Gasteiger partial charge in [0.05, 0.1) is 18.7 Å². The number of amides is 1. The lowest BCUT2D eigenvalue weighted by atomic mass is 10.3. The quantitative estimate of drug-likeness (QED) is 0.806. The number of carbonyl (C=O) groups excluding carboxylic acids is 1. The normalized spacial score (nSPS) is 10.4. The Hall–Kier alpha value is -2.44. The van der Waals surface area contributed by atoms with Crippen LogP contribution in [0.1, 0.15) is 16.9 Å². The van der Waals surface area contributed by atoms with Gasteiger partial charge in [-0.25, -0.2) is 9.97 Å². The Kier molecular flexibility index (Phi) is 4.07. The number of anilines is 1. The molecule has 2 aromatic rings. The molecule has 0 aromatic carbocycles. The number of imidazole rings is 1. The van der Waals surface area contributed by atoms with Crippen molar-refractivity contribution < 1.29 is 4.79 Å². The fourth-order valence-corrected chi connectivity index (χ4v) is 1.68. The maximum atomic E-state index is 11.0. The first kappa shape index (κ1) is 13.0. The summed E-state index contributed by atoms with van der Waals surface area (Å²) in [6.07, 6.45) is 9.39. The van der Waals surface area contributed by atoms with Crippen molar-refractivity contribution in [1.82, 2.24) is 19.5 Å². The van der Waals surface area contributed by atoms with E-state index in [0.717, 1.165) is 19.5 Å². The molecule has 2 rings (SSSR count). The number of nitrogens with zero attached hydrogens (tertiary/aromatic N) is 5. The summed E-state index contributed by atoms with van der Waals surface area (Å²) in [6, 6.07) is 0. The molecule has 2 heterocycles. The van der Waals surface area contributed by atoms with Crippen molar-refractivity contribution in [1.29, 1.82) is 0 Å². The van der Waals surface area contributed by atoms with Gasteiger partial charge in [-0.05, 0) is 6.42 Å². The van der Waals surface area contributed by atoms with Gasteiger partial charge in [0.2, 0.25) is 0 Å². The number of carbonyl (C=O) groups is 1. The number of aromatic nitrogens is 4. The molecule has 2 aromatic heterocycles. The monoisotopic (exact) mass is 260 g/mol. The molecule has 0 aliphatic rings. The van der Waals surface area contributed by atoms with Gasteiger partial charge in [0.1, 0.15) is 11.5 Å². The van der Waals surface area contributed by atoms with Crippen molar-refractivity contribution in [2.75, 3.05) is 18.5 Å². The van der Waals surface area contributed by atoms with Gasteiger partial charge in [0, 0.05) is 32.5 Å². The average Bonchev–Trinajstić information content (AvgIpc) is 2.92. The molecule has 7 heteroatoms. The van der Waals surface area contributed by atoms with Gasteiger partial charge in [0.15, 0.2) is 0 Å². The fourth-order valence-electron chi connectivity index (χ4n) is 1.68. The fraction of sp³-hybridized carbons (Fsp3) is 0.333. The molecule has 0 aliphatic carbocycles. The number of hydrogen-bond donors (Lipinski definition) is 1. The molecular weight excluding hydrogens is 244 g/mol. The van der Waals surface area contributed by atoms with Crippen LogP contribution in [0.3, 0.4) is 0 Å². The molecule has 0 aliphatic heterocycles. The summed E-state index contributed by atoms with van der Waals surface area (Å²) in [5.41, 5.74) is 5.36. The zero-order chi connectivity index (χ0) is 13.7. The van der Waals surface area contributed by atoms with E-state index in [0.29, 0.717) is 5.82 Å². The maximum absolute atomic E-state index is 11.0. The molecule has 0 bridgehead atoms. The molecule has 1 amide bonds. The SMILES string of the molecule is CN(CCCn1ccnc1)c1cncc(C(N)=O)n1. The predicted octanol–water partition coefficient (Wildman–Crippen LogP) is 0.298. The summed E-state index contributed by atoms with van der Waals surface area (Å²) in [7, 11) is 1.91. The second-order valence-corrected chi connectivity index (χ2v) is 4.20. The highest BCUT2D eigenvalue weighted by atomic mass is 16.1. The van der Waals surface area contributed by atoms with Crippen LogP contribution in [0.15, 0.2) is 31.1 Å². The number of primary amides is 1. The zero-order valence-corrected chi connectivity index (χ0v) is 10.7. The van der Waals surface area contributed by atoms with E-state index in [4.69, 9.17) is 5.73 Å². The van der Waals surface area contributed by atoms with Gasteiger partial charge in [-0.15, -0.1) is 0 Å². The van der Waals surface area contributed by atoms with E-state index in [-0.39, 0.29) is 5.69 Å². The molecule has 0 saturated carbocycles. The third kappa shape index (κ3) is 3.51. The first-order valence-corrected chi connectivity index (χ1v) is 5.95. The molecule has 0 unspecified atom stereocenters. The van der Waals surface area contributed by atoms with Crippen molar-refractivity contribution in [3.05, 3.63) is 36.8 Å². The van der Waals surface area contributed by atoms with E-state index in [2.05, 4.69) is 15.0 Å². The van der Waals surface area contributed by atoms with Crippen LogP contribution in [0, 0.1) is 0 Å². The summed E-state index contributed by atoms with van der Waals surface area (Å²) in [4.78, 5) is 25.1. The summed E-state index contributed by atoms with van der Waals surface area (Å²) in [6.45, 7) is 1.68. The van der Waals surface area contributed by atoms with Crippen LogP contribution in [0.4, 0.5) is 5.82 Å². The van der Waals surface area contributed by atoms with Crippen LogP contribution in [0.25, 0.3) is 0 Å². The predicted molar refractivity (Wildman–Crippen MR) is 70.7 cm³/mol. The Morgan fingerprint density at radius 3 is 2.95 bits per heavy atom. The third-order valence-electron chi connectivity index (χ3n) is 2.73. The second-order valence-electron chi connectivity index (χ2n) is 4.20. The van der Waals surface area contributed by atoms with E-state index in [1.807, 2.05) is 22.7 Å². The molecule has 0 spiro atoms. The van der Waals surface area contributed by atoms with E-state index in [9.17, 15) is 4.79 Å². The standard InChI is InChI=1S/C12H16N6O/c1-17(4-2-5-18-6-3-14-9-18)11-8-15-7-10(16-11)12(13)19/h3,6-9H,2,4-5H2,1H3,(H2,13,19). The summed E-state index contributed by atoms with van der Waals surface area (Å²) in [5.74, 6) is 0.0723. The van der Waals surface area contributed by atoms with Gasteiger partial charge in [-0.1, -0.05) is 0 Å². The molecule has 0 atom stereocenters. The minimum absolute atomic E-state index is 0.180. The summed E-state index contributed by atoms with van der Waals surface area (Å²) >= 11 is 0. The van der Waals surface area contributed by atoms with Crippen molar-refractivity contribution in [2.24, 2.45) is 5.73 Å². The molecule has 0 saturated heterocycles. The Morgan fingerprint density at radius 2 is 2.26 bits per heavy atom. The molecule has 100 valence electrons. The molecule has 19 heavy (non-hydrogen) atoms. The first-order chi connectivity index (χ1) is 9.16. The van der Waals surface area contributed by atoms with Crippen LogP contribution in [-0.2, 0) is 6.54 Å². The van der Waals surface area contributed by atoms with Crippen LogP contribution >= 0.6 is 0 Å². The lowest BCUT2D eigenvalue weighted by molar-refractivity contribution is 0.0995. The second kappa shape index (κ2) is 5.94. The Balaban J connectivity index is 1.90. The van der Waals surface area contributed by atoms with Crippen molar-refractivity contribution in [2.45, 2.75) is 13.0 Å². The smallest absolute Gasteiger partial charge is 0.268 e. The van der Waals surface area contributed by atoms with Crippen molar-refractivity contribution in [3.8, 4) is 0 Å². The number of rotatable bonds is 6. The molecule has 2 N–H and O–H groups in total. The summed E-state index contributed by atoms with van der Waals surface area (Å²) in [5, 5.41) is 0. The van der Waals surface area contributed by atoms with E-state index in [1.165, 1.54) is 6.20 Å². The highest BCUT2D eigenvalue weighted by Gasteiger charge is 2.07. The van der Waals surface area contributed by atoms with Crippen LogP contribution in [0.2, 0.25) is 0 Å². The highest BCUT2D eigenvalue weighted by Crippen LogP contribution is 2.08. The van der Waals surface area contributed by atoms with Gasteiger partial charge < -0.3 is 15.2 Å². The lowest BCUT2D eigenvalue weighted by Gasteiger charge is -2.17. The molecule has 0 radical (unpaired) electrons. The molecular formula is C12H16N6O. The molecule has 7 nitrogen and oxygen atoms in total. The maximum Gasteiger partial charge on any atom is 0.268 e. The zero-order valence-electron chi connectivity index (χ0n) is 10.7. The van der Waals surface area contributed by atoms with Gasteiger partial charge >= 0.3 is 0 Å². The molecule has 0 fully saturated rings. The topological polar surface area (TPSA) is 89.9 Å². The summed E-state index contributed by atoms with van der Waals surface area (Å²) < 4.78 is 2.01. The minimum Gasteiger partial charge on any atom is -0.364 e. The van der Waals surface area contributed by atoms with Crippen molar-refractivity contribution >= 4 is 11.7 Å². The van der Waals surface area contributed by atoms with E-state index < -0.39 is 5.91 Å². The Labute approximate surface area is 111 Å². The largest absolute Gasteiger partial charge is 0.364 e. The van der Waals surface area contributed by atoms with Crippen molar-refractivity contribution in [3.63, 3.8) is 0 Å². The van der Waals surface area contributed by atoms with Crippen LogP contribution < -0.4 is 10.6 Å². The highest BCUT2D eigenvalue weighted by molar-refractivity contribution is 5.90. The Morgan fingerprint density at radius 1 is 1.42 bits per heavy atom. The number of hydrogen-bond acceptors (Lipinski definition) is 5. The Bertz CT molecular complexity index is 539.